The van der Waals surface area contributed by atoms with Gasteiger partial charge in [-0.25, -0.2) is 9.97 Å². The summed E-state index contributed by atoms with van der Waals surface area (Å²) in [5.74, 6) is 0.292. The summed E-state index contributed by atoms with van der Waals surface area (Å²) in [5.41, 5.74) is 6.48. The lowest BCUT2D eigenvalue weighted by molar-refractivity contribution is 0.100. The zero-order valence-corrected chi connectivity index (χ0v) is 10.9. The van der Waals surface area contributed by atoms with Crippen molar-refractivity contribution in [3.8, 4) is 0 Å². The first-order valence-electron chi connectivity index (χ1n) is 4.79. The van der Waals surface area contributed by atoms with E-state index in [1.165, 1.54) is 6.33 Å². The molecule has 6 heteroatoms. The Bertz CT molecular complexity index is 541. The van der Waals surface area contributed by atoms with Gasteiger partial charge in [-0.05, 0) is 46.9 Å². The highest BCUT2D eigenvalue weighted by Gasteiger charge is 2.03. The lowest BCUT2D eigenvalue weighted by Gasteiger charge is -2.06. The summed E-state index contributed by atoms with van der Waals surface area (Å²) in [4.78, 5) is 18.9. The van der Waals surface area contributed by atoms with Gasteiger partial charge in [0.15, 0.2) is 0 Å². The number of rotatable bonds is 3. The maximum Gasteiger partial charge on any atom is 0.248 e. The van der Waals surface area contributed by atoms with Crippen molar-refractivity contribution in [1.29, 1.82) is 0 Å². The molecule has 0 aliphatic carbocycles. The van der Waals surface area contributed by atoms with E-state index in [0.717, 1.165) is 15.1 Å². The first-order chi connectivity index (χ1) is 8.16. The Morgan fingerprint density at radius 1 is 1.29 bits per heavy atom. The lowest BCUT2D eigenvalue weighted by Crippen LogP contribution is -2.10. The van der Waals surface area contributed by atoms with Crippen LogP contribution in [0.2, 0.25) is 0 Å². The average Bonchev–Trinajstić information content (AvgIpc) is 2.33. The smallest absolute Gasteiger partial charge is 0.248 e. The number of hydrogen-bond acceptors (Lipinski definition) is 4. The van der Waals surface area contributed by atoms with Gasteiger partial charge in [0.05, 0.1) is 3.57 Å². The highest BCUT2D eigenvalue weighted by Crippen LogP contribution is 2.19. The molecule has 0 spiro atoms. The van der Waals surface area contributed by atoms with Gasteiger partial charge in [0.25, 0.3) is 0 Å². The van der Waals surface area contributed by atoms with Crippen LogP contribution in [-0.4, -0.2) is 15.9 Å². The van der Waals surface area contributed by atoms with Crippen molar-refractivity contribution in [1.82, 2.24) is 9.97 Å². The van der Waals surface area contributed by atoms with Crippen molar-refractivity contribution in [2.75, 3.05) is 5.32 Å². The molecule has 0 aliphatic rings. The van der Waals surface area contributed by atoms with E-state index in [9.17, 15) is 4.79 Å². The first-order valence-corrected chi connectivity index (χ1v) is 5.87. The van der Waals surface area contributed by atoms with Crippen molar-refractivity contribution in [3.63, 3.8) is 0 Å². The largest absolute Gasteiger partial charge is 0.366 e. The molecule has 1 amide bonds. The molecule has 17 heavy (non-hydrogen) atoms. The number of anilines is 2. The van der Waals surface area contributed by atoms with Crippen molar-refractivity contribution >= 4 is 40.0 Å². The fourth-order valence-electron chi connectivity index (χ4n) is 1.26. The predicted octanol–water partition coefficient (Wildman–Crippen LogP) is 1.92. The third-order valence-corrected chi connectivity index (χ3v) is 2.89. The summed E-state index contributed by atoms with van der Waals surface area (Å²) >= 11 is 2.14. The SMILES string of the molecule is NC(=O)c1ccc(Nc2ncncc2I)cc1. The minimum absolute atomic E-state index is 0.437. The molecule has 5 nitrogen and oxygen atoms in total. The number of nitrogens with zero attached hydrogens (tertiary/aromatic N) is 2. The predicted molar refractivity (Wildman–Crippen MR) is 73.0 cm³/mol. The summed E-state index contributed by atoms with van der Waals surface area (Å²) < 4.78 is 0.920. The number of aromatic nitrogens is 2. The van der Waals surface area contributed by atoms with Gasteiger partial charge in [0.2, 0.25) is 5.91 Å². The number of benzene rings is 1. The van der Waals surface area contributed by atoms with Crippen LogP contribution in [-0.2, 0) is 0 Å². The molecule has 0 radical (unpaired) electrons. The van der Waals surface area contributed by atoms with E-state index in [1.54, 1.807) is 30.5 Å². The number of hydrogen-bond donors (Lipinski definition) is 2. The van der Waals surface area contributed by atoms with E-state index in [1.807, 2.05) is 0 Å². The summed E-state index contributed by atoms with van der Waals surface area (Å²) in [6.07, 6.45) is 3.19. The monoisotopic (exact) mass is 340 g/mol. The number of carbonyl (C=O) groups is 1. The highest BCUT2D eigenvalue weighted by atomic mass is 127. The summed E-state index contributed by atoms with van der Waals surface area (Å²) in [7, 11) is 0. The van der Waals surface area contributed by atoms with E-state index in [4.69, 9.17) is 5.73 Å². The van der Waals surface area contributed by atoms with Gasteiger partial charge < -0.3 is 11.1 Å². The van der Waals surface area contributed by atoms with Gasteiger partial charge in [-0.3, -0.25) is 4.79 Å². The van der Waals surface area contributed by atoms with Crippen molar-refractivity contribution in [2.24, 2.45) is 5.73 Å². The minimum atomic E-state index is -0.437. The molecular weight excluding hydrogens is 331 g/mol. The quantitative estimate of drug-likeness (QED) is 0.837. The molecule has 1 aromatic heterocycles. The van der Waals surface area contributed by atoms with Gasteiger partial charge >= 0.3 is 0 Å². The van der Waals surface area contributed by atoms with Crippen LogP contribution in [0.25, 0.3) is 0 Å². The summed E-state index contributed by atoms with van der Waals surface area (Å²) in [6, 6.07) is 6.88. The Morgan fingerprint density at radius 2 is 2.00 bits per heavy atom. The normalized spacial score (nSPS) is 9.94. The molecule has 0 aliphatic heterocycles. The summed E-state index contributed by atoms with van der Waals surface area (Å²) in [6.45, 7) is 0. The Hall–Kier alpha value is -1.70. The molecule has 0 saturated carbocycles. The molecule has 2 aromatic rings. The number of primary amides is 1. The molecule has 0 atom stereocenters. The Kier molecular flexibility index (Phi) is 3.52. The number of nitrogens with two attached hydrogens (primary N) is 1. The maximum absolute atomic E-state index is 10.9. The number of halogens is 1. The number of nitrogens with one attached hydrogen (secondary N) is 1. The molecule has 0 unspecified atom stereocenters. The van der Waals surface area contributed by atoms with E-state index in [0.29, 0.717) is 5.56 Å². The zero-order chi connectivity index (χ0) is 12.3. The molecule has 0 saturated heterocycles. The molecule has 0 bridgehead atoms. The first kappa shape index (κ1) is 11.8. The minimum Gasteiger partial charge on any atom is -0.366 e. The van der Waals surface area contributed by atoms with Gasteiger partial charge in [-0.1, -0.05) is 0 Å². The molecule has 3 N–H and O–H groups in total. The van der Waals surface area contributed by atoms with Gasteiger partial charge in [0.1, 0.15) is 12.1 Å². The Balaban J connectivity index is 2.20. The van der Waals surface area contributed by atoms with Gasteiger partial charge in [-0.2, -0.15) is 0 Å². The van der Waals surface area contributed by atoms with Crippen LogP contribution >= 0.6 is 22.6 Å². The van der Waals surface area contributed by atoms with Crippen molar-refractivity contribution in [2.45, 2.75) is 0 Å². The Labute approximate surface area is 112 Å². The second kappa shape index (κ2) is 5.09. The van der Waals surface area contributed by atoms with E-state index >= 15 is 0 Å². The molecule has 1 heterocycles. The third-order valence-electron chi connectivity index (χ3n) is 2.10. The molecule has 86 valence electrons. The molecule has 0 fully saturated rings. The van der Waals surface area contributed by atoms with Crippen LogP contribution in [0.3, 0.4) is 0 Å². The van der Waals surface area contributed by atoms with Crippen LogP contribution < -0.4 is 11.1 Å². The lowest BCUT2D eigenvalue weighted by atomic mass is 10.2. The molecule has 2 rings (SSSR count). The fraction of sp³-hybridized carbons (Fsp3) is 0. The fourth-order valence-corrected chi connectivity index (χ4v) is 1.69. The van der Waals surface area contributed by atoms with Crippen molar-refractivity contribution < 1.29 is 4.79 Å². The van der Waals surface area contributed by atoms with Crippen LogP contribution in [0.1, 0.15) is 10.4 Å². The Morgan fingerprint density at radius 3 is 2.59 bits per heavy atom. The topological polar surface area (TPSA) is 80.9 Å². The highest BCUT2D eigenvalue weighted by molar-refractivity contribution is 14.1. The van der Waals surface area contributed by atoms with Crippen LogP contribution in [0.4, 0.5) is 11.5 Å². The second-order valence-corrected chi connectivity index (χ2v) is 4.45. The third kappa shape index (κ3) is 2.90. The van der Waals surface area contributed by atoms with Gasteiger partial charge in [-0.15, -0.1) is 0 Å². The van der Waals surface area contributed by atoms with E-state index < -0.39 is 5.91 Å². The maximum atomic E-state index is 10.9. The van der Waals surface area contributed by atoms with E-state index in [-0.39, 0.29) is 0 Å². The second-order valence-electron chi connectivity index (χ2n) is 3.29. The zero-order valence-electron chi connectivity index (χ0n) is 8.72. The van der Waals surface area contributed by atoms with Crippen molar-refractivity contribution in [3.05, 3.63) is 45.9 Å². The summed E-state index contributed by atoms with van der Waals surface area (Å²) in [5, 5.41) is 3.13. The van der Waals surface area contributed by atoms with Gasteiger partial charge in [0, 0.05) is 17.4 Å². The average molecular weight is 340 g/mol. The van der Waals surface area contributed by atoms with Crippen LogP contribution in [0, 0.1) is 3.57 Å². The van der Waals surface area contributed by atoms with Crippen LogP contribution in [0.15, 0.2) is 36.8 Å². The van der Waals surface area contributed by atoms with E-state index in [2.05, 4.69) is 37.9 Å². The number of amides is 1. The van der Waals surface area contributed by atoms with Crippen LogP contribution in [0.5, 0.6) is 0 Å². The molecule has 1 aromatic carbocycles. The number of carbonyl (C=O) groups excluding carboxylic acids is 1. The molecular formula is C11H9IN4O. The standard InChI is InChI=1S/C11H9IN4O/c12-9-5-14-6-15-11(9)16-8-3-1-7(2-4-8)10(13)17/h1-6H,(H2,13,17)(H,14,15,16).